The molecule has 7 rings (SSSR count). The van der Waals surface area contributed by atoms with E-state index in [4.69, 9.17) is 4.55 Å². The van der Waals surface area contributed by atoms with E-state index in [1.54, 1.807) is 62.0 Å². The summed E-state index contributed by atoms with van der Waals surface area (Å²) in [6.45, 7) is 7.47. The van der Waals surface area contributed by atoms with Crippen LogP contribution in [-0.2, 0) is 21.1 Å². The van der Waals surface area contributed by atoms with Gasteiger partial charge in [-0.05, 0) is 92.1 Å². The van der Waals surface area contributed by atoms with E-state index >= 15 is 0 Å². The van der Waals surface area contributed by atoms with Gasteiger partial charge in [0.2, 0.25) is 5.95 Å². The number of hydrogen-bond acceptors (Lipinski definition) is 9. The van der Waals surface area contributed by atoms with Crippen LogP contribution in [0.1, 0.15) is 60.3 Å². The van der Waals surface area contributed by atoms with Crippen molar-refractivity contribution in [3.8, 4) is 16.9 Å². The number of nitrogens with one attached hydrogen (secondary N) is 2. The quantitative estimate of drug-likeness (QED) is 0.134. The van der Waals surface area contributed by atoms with Crippen LogP contribution in [0.2, 0.25) is 0 Å². The minimum absolute atomic E-state index is 0.00114. The van der Waals surface area contributed by atoms with E-state index < -0.39 is 38.9 Å². The standard InChI is InChI=1S/C28H22F3N7O.C10H16O4S/c1-17-5-6-19(10-25(17)37-27-33-9-7-24(36-27)20-4-3-8-32-14-20)26(39)35-22-11-21(28(29,30)31)12-23(13-22)38-15-18(2)34-16-38;1-9(2)7-3-4-10(9,8(11)5-7)6-15(12,13)14/h3-16H,1-2H3,(H,35,39)(H,33,36,37);7H,3-6H2,1-2H3,(H,12,13,14). The maximum absolute atomic E-state index is 13.6. The largest absolute Gasteiger partial charge is 0.416 e. The number of nitrogens with zero attached hydrogens (tertiary/aromatic N) is 5. The SMILES string of the molecule is CC1(C)C2CCC1(CS(=O)(=O)O)C(=O)C2.Cc1cn(-c2cc(NC(=O)c3ccc(C)c(Nc4nccc(-c5cccnc5)n4)c3)cc(C(F)(F)F)c2)cn1. The van der Waals surface area contributed by atoms with E-state index in [1.807, 2.05) is 26.8 Å². The number of amides is 1. The van der Waals surface area contributed by atoms with Crippen LogP contribution in [-0.4, -0.2) is 54.9 Å². The van der Waals surface area contributed by atoms with E-state index in [0.717, 1.165) is 29.7 Å². The van der Waals surface area contributed by atoms with Gasteiger partial charge < -0.3 is 15.2 Å². The van der Waals surface area contributed by atoms with E-state index in [1.165, 1.54) is 17.0 Å². The van der Waals surface area contributed by atoms with Gasteiger partial charge in [-0.1, -0.05) is 19.9 Å². The van der Waals surface area contributed by atoms with Crippen LogP contribution in [0.5, 0.6) is 0 Å². The number of Topliss-reactive ketones (excluding diaryl/α,β-unsaturated/α-hetero) is 1. The molecular weight excluding hydrogens is 724 g/mol. The minimum Gasteiger partial charge on any atom is -0.324 e. The number of halogens is 3. The Labute approximate surface area is 310 Å². The van der Waals surface area contributed by atoms with Gasteiger partial charge in [0, 0.05) is 59.4 Å². The Bertz CT molecular complexity index is 2330. The predicted octanol–water partition coefficient (Wildman–Crippen LogP) is 7.63. The van der Waals surface area contributed by atoms with Crippen molar-refractivity contribution < 1.29 is 35.7 Å². The lowest BCUT2D eigenvalue weighted by molar-refractivity contribution is -0.137. The van der Waals surface area contributed by atoms with Crippen LogP contribution < -0.4 is 10.6 Å². The number of anilines is 3. The summed E-state index contributed by atoms with van der Waals surface area (Å²) >= 11 is 0. The smallest absolute Gasteiger partial charge is 0.324 e. The van der Waals surface area contributed by atoms with Gasteiger partial charge in [0.05, 0.1) is 34.4 Å². The Morgan fingerprint density at radius 1 is 1.06 bits per heavy atom. The number of hydrogen-bond donors (Lipinski definition) is 3. The molecule has 16 heteroatoms. The van der Waals surface area contributed by atoms with E-state index in [-0.39, 0.29) is 34.1 Å². The topological polar surface area (TPSA) is 169 Å². The second-order valence-electron chi connectivity index (χ2n) is 14.2. The molecule has 282 valence electrons. The third kappa shape index (κ3) is 8.04. The monoisotopic (exact) mass is 761 g/mol. The number of rotatable bonds is 8. The average Bonchev–Trinajstić information content (AvgIpc) is 3.70. The molecule has 0 saturated heterocycles. The summed E-state index contributed by atoms with van der Waals surface area (Å²) in [6.07, 6.45) is 5.36. The van der Waals surface area contributed by atoms with Gasteiger partial charge in [0.25, 0.3) is 16.0 Å². The second-order valence-corrected chi connectivity index (χ2v) is 15.7. The van der Waals surface area contributed by atoms with Gasteiger partial charge in [-0.2, -0.15) is 21.6 Å². The van der Waals surface area contributed by atoms with E-state index in [9.17, 15) is 31.2 Å². The first-order chi connectivity index (χ1) is 25.3. The van der Waals surface area contributed by atoms with Crippen LogP contribution in [0.15, 0.2) is 85.7 Å². The number of imidazole rings is 1. The highest BCUT2D eigenvalue weighted by molar-refractivity contribution is 7.85. The van der Waals surface area contributed by atoms with Crippen molar-refractivity contribution in [2.24, 2.45) is 16.7 Å². The number of aromatic nitrogens is 5. The van der Waals surface area contributed by atoms with Crippen molar-refractivity contribution in [3.63, 3.8) is 0 Å². The molecule has 2 aromatic carbocycles. The van der Waals surface area contributed by atoms with Crippen molar-refractivity contribution >= 4 is 39.1 Å². The number of carbonyl (C=O) groups excluding carboxylic acids is 2. The van der Waals surface area contributed by atoms with Crippen molar-refractivity contribution in [2.45, 2.75) is 53.1 Å². The first kappa shape index (κ1) is 38.3. The molecule has 3 heterocycles. The third-order valence-electron chi connectivity index (χ3n) is 10.4. The number of benzene rings is 2. The summed E-state index contributed by atoms with van der Waals surface area (Å²) in [5, 5.41) is 5.71. The molecule has 2 aliphatic carbocycles. The van der Waals surface area contributed by atoms with Crippen LogP contribution in [0.4, 0.5) is 30.5 Å². The summed E-state index contributed by atoms with van der Waals surface area (Å²) in [6, 6.07) is 13.7. The van der Waals surface area contributed by atoms with Crippen LogP contribution in [0.3, 0.4) is 0 Å². The zero-order valence-corrected chi connectivity index (χ0v) is 30.7. The molecule has 3 N–H and O–H groups in total. The molecule has 5 aromatic rings. The maximum atomic E-state index is 13.6. The maximum Gasteiger partial charge on any atom is 0.416 e. The first-order valence-electron chi connectivity index (χ1n) is 17.0. The molecule has 2 saturated carbocycles. The summed E-state index contributed by atoms with van der Waals surface area (Å²) in [7, 11) is -4.08. The Morgan fingerprint density at radius 2 is 1.83 bits per heavy atom. The van der Waals surface area contributed by atoms with Crippen LogP contribution in [0, 0.1) is 30.6 Å². The number of alkyl halides is 3. The highest BCUT2D eigenvalue weighted by Gasteiger charge is 2.65. The lowest BCUT2D eigenvalue weighted by Gasteiger charge is -2.35. The Hall–Kier alpha value is -5.48. The Morgan fingerprint density at radius 3 is 2.44 bits per heavy atom. The highest BCUT2D eigenvalue weighted by atomic mass is 32.2. The molecule has 54 heavy (non-hydrogen) atoms. The zero-order valence-electron chi connectivity index (χ0n) is 29.8. The summed E-state index contributed by atoms with van der Waals surface area (Å²) < 4.78 is 73.3. The van der Waals surface area contributed by atoms with E-state index in [2.05, 4.69) is 30.6 Å². The zero-order chi connectivity index (χ0) is 39.1. The molecule has 2 atom stereocenters. The van der Waals surface area contributed by atoms with Crippen molar-refractivity contribution in [3.05, 3.63) is 108 Å². The fraction of sp³-hybridized carbons (Fsp3) is 0.316. The van der Waals surface area contributed by atoms with Crippen LogP contribution >= 0.6 is 0 Å². The third-order valence-corrected chi connectivity index (χ3v) is 11.3. The lowest BCUT2D eigenvalue weighted by atomic mass is 9.70. The van der Waals surface area contributed by atoms with Gasteiger partial charge in [-0.15, -0.1) is 0 Å². The molecule has 0 spiro atoms. The molecule has 2 aliphatic rings. The number of pyridine rings is 1. The molecule has 1 amide bonds. The molecule has 2 fully saturated rings. The Kier molecular flexibility index (Phi) is 10.2. The number of carbonyl (C=O) groups is 2. The van der Waals surface area contributed by atoms with Crippen molar-refractivity contribution in [1.29, 1.82) is 0 Å². The van der Waals surface area contributed by atoms with Gasteiger partial charge in [0.1, 0.15) is 5.78 Å². The Balaban J connectivity index is 0.000000276. The number of ketones is 1. The van der Waals surface area contributed by atoms with Crippen molar-refractivity contribution in [1.82, 2.24) is 24.5 Å². The molecule has 3 aromatic heterocycles. The number of fused-ring (bicyclic) bond motifs is 2. The fourth-order valence-corrected chi connectivity index (χ4v) is 8.59. The van der Waals surface area contributed by atoms with Gasteiger partial charge >= 0.3 is 6.18 Å². The lowest BCUT2D eigenvalue weighted by Crippen LogP contribution is -2.42. The molecule has 0 aliphatic heterocycles. The van der Waals surface area contributed by atoms with Gasteiger partial charge in [0.15, 0.2) is 0 Å². The summed E-state index contributed by atoms with van der Waals surface area (Å²) in [5.74, 6) is -0.360. The number of aryl methyl sites for hydroxylation is 2. The first-order valence-corrected chi connectivity index (χ1v) is 18.6. The average molecular weight is 762 g/mol. The molecule has 12 nitrogen and oxygen atoms in total. The molecule has 2 bridgehead atoms. The fourth-order valence-electron chi connectivity index (χ4n) is 7.29. The predicted molar refractivity (Wildman–Crippen MR) is 196 cm³/mol. The molecule has 0 radical (unpaired) electrons. The van der Waals surface area contributed by atoms with Crippen molar-refractivity contribution in [2.75, 3.05) is 16.4 Å². The van der Waals surface area contributed by atoms with Gasteiger partial charge in [-0.25, -0.2) is 15.0 Å². The highest BCUT2D eigenvalue weighted by Crippen LogP contribution is 2.64. The molecule has 2 unspecified atom stereocenters. The normalized spacial score (nSPS) is 18.9. The van der Waals surface area contributed by atoms with Crippen LogP contribution in [0.25, 0.3) is 16.9 Å². The second kappa shape index (κ2) is 14.4. The summed E-state index contributed by atoms with van der Waals surface area (Å²) in [5.41, 5.74) is 1.97. The van der Waals surface area contributed by atoms with E-state index in [0.29, 0.717) is 35.9 Å². The molecular formula is C38H38F3N7O5S. The summed E-state index contributed by atoms with van der Waals surface area (Å²) in [4.78, 5) is 41.9. The van der Waals surface area contributed by atoms with Gasteiger partial charge in [-0.3, -0.25) is 19.1 Å². The minimum atomic E-state index is -4.60.